The first-order valence-electron chi connectivity index (χ1n) is 12.8. The zero-order chi connectivity index (χ0) is 23.9. The molecule has 0 spiro atoms. The van der Waals surface area contributed by atoms with Gasteiger partial charge in [-0.3, -0.25) is 19.9 Å². The van der Waals surface area contributed by atoms with Crippen LogP contribution in [0.3, 0.4) is 0 Å². The second kappa shape index (κ2) is 10.2. The van der Waals surface area contributed by atoms with E-state index in [0.717, 1.165) is 45.4 Å². The highest BCUT2D eigenvalue weighted by molar-refractivity contribution is 5.81. The van der Waals surface area contributed by atoms with Gasteiger partial charge in [0.2, 0.25) is 5.91 Å². The Labute approximate surface area is 199 Å². The molecule has 0 saturated carbocycles. The van der Waals surface area contributed by atoms with Crippen LogP contribution in [0, 0.1) is 11.8 Å². The highest BCUT2D eigenvalue weighted by Crippen LogP contribution is 2.30. The van der Waals surface area contributed by atoms with Crippen molar-refractivity contribution in [3.8, 4) is 0 Å². The third-order valence-electron chi connectivity index (χ3n) is 8.28. The molecule has 12 heteroatoms. The fourth-order valence-corrected chi connectivity index (χ4v) is 6.48. The van der Waals surface area contributed by atoms with Crippen LogP contribution in [0.15, 0.2) is 0 Å². The van der Waals surface area contributed by atoms with Gasteiger partial charge in [0.25, 0.3) is 5.92 Å². The number of hydrazine groups is 1. The number of carbonyl (C=O) groups is 1. The van der Waals surface area contributed by atoms with Gasteiger partial charge in [-0.05, 0) is 44.8 Å². The van der Waals surface area contributed by atoms with Gasteiger partial charge in [0, 0.05) is 45.2 Å². The smallest absolute Gasteiger partial charge is 0.261 e. The average molecular weight is 489 g/mol. The number of hydrogen-bond donors (Lipinski definition) is 5. The van der Waals surface area contributed by atoms with Crippen LogP contribution in [-0.2, 0) is 4.79 Å². The van der Waals surface area contributed by atoms with Crippen molar-refractivity contribution in [1.29, 1.82) is 0 Å². The molecule has 5 aliphatic rings. The molecular weight excluding hydrogens is 449 g/mol. The van der Waals surface area contributed by atoms with Gasteiger partial charge >= 0.3 is 0 Å². The summed E-state index contributed by atoms with van der Waals surface area (Å²) in [7, 11) is 0. The molecule has 5 aliphatic heterocycles. The van der Waals surface area contributed by atoms with Crippen molar-refractivity contribution < 1.29 is 18.0 Å². The van der Waals surface area contributed by atoms with Crippen LogP contribution in [0.4, 0.5) is 13.2 Å². The summed E-state index contributed by atoms with van der Waals surface area (Å²) in [5, 5.41) is 11.5. The van der Waals surface area contributed by atoms with Gasteiger partial charge in [0.1, 0.15) is 6.17 Å². The molecule has 0 bridgehead atoms. The van der Waals surface area contributed by atoms with Crippen molar-refractivity contribution in [2.75, 3.05) is 58.9 Å². The molecule has 0 radical (unpaired) electrons. The minimum Gasteiger partial charge on any atom is -0.350 e. The highest BCUT2D eigenvalue weighted by Gasteiger charge is 2.48. The SMILES string of the molecule is NC1NN2CC(F)CNC2C1C(=O)NC1CNCCC1N1CCC(CN2CCC(F)(F)C2)CC1. The number of fused-ring (bicyclic) bond motifs is 1. The van der Waals surface area contributed by atoms with Crippen LogP contribution in [0.2, 0.25) is 0 Å². The summed E-state index contributed by atoms with van der Waals surface area (Å²) in [4.78, 5) is 17.7. The van der Waals surface area contributed by atoms with Crippen LogP contribution < -0.4 is 27.1 Å². The topological polar surface area (TPSA) is 101 Å². The Morgan fingerprint density at radius 3 is 2.68 bits per heavy atom. The van der Waals surface area contributed by atoms with E-state index in [9.17, 15) is 18.0 Å². The van der Waals surface area contributed by atoms with E-state index in [1.165, 1.54) is 0 Å². The highest BCUT2D eigenvalue weighted by atomic mass is 19.3. The quantitative estimate of drug-likeness (QED) is 0.332. The fraction of sp³-hybridized carbons (Fsp3) is 0.955. The molecule has 6 unspecified atom stereocenters. The Balaban J connectivity index is 1.14. The summed E-state index contributed by atoms with van der Waals surface area (Å²) in [6, 6.07) is 0.201. The zero-order valence-corrected chi connectivity index (χ0v) is 19.7. The molecule has 0 aromatic rings. The summed E-state index contributed by atoms with van der Waals surface area (Å²) in [6.45, 7) is 5.03. The molecule has 5 rings (SSSR count). The molecular formula is C22H39F3N8O. The number of piperidine rings is 2. The zero-order valence-electron chi connectivity index (χ0n) is 19.7. The van der Waals surface area contributed by atoms with E-state index in [1.807, 2.05) is 4.90 Å². The molecule has 5 heterocycles. The van der Waals surface area contributed by atoms with E-state index >= 15 is 0 Å². The molecule has 5 fully saturated rings. The summed E-state index contributed by atoms with van der Waals surface area (Å²) < 4.78 is 40.8. The first-order chi connectivity index (χ1) is 16.3. The van der Waals surface area contributed by atoms with Crippen LogP contribution in [0.25, 0.3) is 0 Å². The normalized spacial score (nSPS) is 40.4. The summed E-state index contributed by atoms with van der Waals surface area (Å²) >= 11 is 0. The molecule has 0 aromatic carbocycles. The van der Waals surface area contributed by atoms with E-state index in [2.05, 4.69) is 26.3 Å². The molecule has 1 amide bonds. The second-order valence-corrected chi connectivity index (χ2v) is 10.8. The second-order valence-electron chi connectivity index (χ2n) is 10.8. The minimum absolute atomic E-state index is 0.0229. The lowest BCUT2D eigenvalue weighted by molar-refractivity contribution is -0.128. The van der Waals surface area contributed by atoms with Crippen LogP contribution >= 0.6 is 0 Å². The third-order valence-corrected chi connectivity index (χ3v) is 8.28. The number of halogens is 3. The van der Waals surface area contributed by atoms with Crippen molar-refractivity contribution >= 4 is 5.91 Å². The number of nitrogens with one attached hydrogen (secondary N) is 4. The number of nitrogens with two attached hydrogens (primary N) is 1. The number of nitrogens with zero attached hydrogens (tertiary/aromatic N) is 3. The largest absolute Gasteiger partial charge is 0.350 e. The van der Waals surface area contributed by atoms with Gasteiger partial charge in [-0.2, -0.15) is 0 Å². The van der Waals surface area contributed by atoms with Crippen LogP contribution in [0.1, 0.15) is 25.7 Å². The fourth-order valence-electron chi connectivity index (χ4n) is 6.48. The van der Waals surface area contributed by atoms with Crippen molar-refractivity contribution in [1.82, 2.24) is 36.2 Å². The molecule has 34 heavy (non-hydrogen) atoms. The molecule has 6 atom stereocenters. The van der Waals surface area contributed by atoms with Gasteiger partial charge in [0.05, 0.1) is 30.8 Å². The number of amides is 1. The standard InChI is InChI=1S/C22H39F3N8O/c23-15-9-28-20-18(19(26)30-33(20)12-15)21(34)29-16-10-27-5-1-17(16)32-6-2-14(3-7-32)11-31-8-4-22(24,25)13-31/h14-20,27-28,30H,1-13,26H2,(H,29,34). The first-order valence-corrected chi connectivity index (χ1v) is 12.8. The van der Waals surface area contributed by atoms with Gasteiger partial charge in [-0.15, -0.1) is 0 Å². The minimum atomic E-state index is -2.53. The van der Waals surface area contributed by atoms with Gasteiger partial charge in [-0.1, -0.05) is 0 Å². The maximum absolute atomic E-state index is 13.7. The predicted molar refractivity (Wildman–Crippen MR) is 122 cm³/mol. The third kappa shape index (κ3) is 5.37. The Morgan fingerprint density at radius 1 is 1.15 bits per heavy atom. The van der Waals surface area contributed by atoms with Crippen molar-refractivity contribution in [3.63, 3.8) is 0 Å². The van der Waals surface area contributed by atoms with Gasteiger partial charge in [0.15, 0.2) is 0 Å². The Hall–Kier alpha value is -1.02. The molecule has 5 saturated heterocycles. The number of alkyl halides is 3. The van der Waals surface area contributed by atoms with E-state index in [-0.39, 0.29) is 50.2 Å². The lowest BCUT2D eigenvalue weighted by Gasteiger charge is -2.44. The van der Waals surface area contributed by atoms with Gasteiger partial charge in [-0.25, -0.2) is 23.6 Å². The Morgan fingerprint density at radius 2 is 1.94 bits per heavy atom. The van der Waals surface area contributed by atoms with E-state index in [0.29, 0.717) is 19.0 Å². The summed E-state index contributed by atoms with van der Waals surface area (Å²) in [6.07, 6.45) is 1.04. The summed E-state index contributed by atoms with van der Waals surface area (Å²) in [5.41, 5.74) is 9.25. The lowest BCUT2D eigenvalue weighted by Crippen LogP contribution is -2.63. The molecule has 0 aromatic heterocycles. The Bertz CT molecular complexity index is 724. The number of carbonyl (C=O) groups excluding carboxylic acids is 1. The maximum atomic E-state index is 13.7. The molecule has 194 valence electrons. The Kier molecular flexibility index (Phi) is 7.37. The molecule has 9 nitrogen and oxygen atoms in total. The van der Waals surface area contributed by atoms with Crippen LogP contribution in [-0.4, -0.2) is 116 Å². The molecule has 0 aliphatic carbocycles. The first kappa shape index (κ1) is 24.7. The monoisotopic (exact) mass is 488 g/mol. The van der Waals surface area contributed by atoms with E-state index in [4.69, 9.17) is 5.73 Å². The van der Waals surface area contributed by atoms with Crippen molar-refractivity contribution in [3.05, 3.63) is 0 Å². The number of hydrogen-bond acceptors (Lipinski definition) is 8. The van der Waals surface area contributed by atoms with Gasteiger partial charge < -0.3 is 16.4 Å². The molecule has 6 N–H and O–H groups in total. The number of rotatable bonds is 5. The number of likely N-dealkylation sites (tertiary alicyclic amines) is 2. The summed E-state index contributed by atoms with van der Waals surface area (Å²) in [5.74, 6) is -2.69. The predicted octanol–water partition coefficient (Wildman–Crippen LogP) is -1.13. The van der Waals surface area contributed by atoms with Crippen LogP contribution in [0.5, 0.6) is 0 Å². The maximum Gasteiger partial charge on any atom is 0.261 e. The average Bonchev–Trinajstić information content (AvgIpc) is 3.31. The van der Waals surface area contributed by atoms with Crippen molar-refractivity contribution in [2.45, 2.75) is 62.2 Å². The van der Waals surface area contributed by atoms with E-state index in [1.54, 1.807) is 5.01 Å². The lowest BCUT2D eigenvalue weighted by atomic mass is 9.91. The van der Waals surface area contributed by atoms with E-state index < -0.39 is 24.2 Å². The van der Waals surface area contributed by atoms with Crippen molar-refractivity contribution in [2.24, 2.45) is 17.6 Å².